The monoisotopic (exact) mass is 319 g/mol. The first-order valence-corrected chi connectivity index (χ1v) is 7.29. The summed E-state index contributed by atoms with van der Waals surface area (Å²) >= 11 is 0. The molecule has 5 heteroatoms. The van der Waals surface area contributed by atoms with Gasteiger partial charge in [-0.3, -0.25) is 0 Å². The van der Waals surface area contributed by atoms with E-state index >= 15 is 0 Å². The molecule has 1 heterocycles. The summed E-state index contributed by atoms with van der Waals surface area (Å²) in [6.07, 6.45) is -4.44. The molecule has 0 aliphatic heterocycles. The lowest BCUT2D eigenvalue weighted by Gasteiger charge is -2.11. The number of hydrogen-bond donors (Lipinski definition) is 1. The molecule has 0 saturated carbocycles. The summed E-state index contributed by atoms with van der Waals surface area (Å²) in [4.78, 5) is 0. The van der Waals surface area contributed by atoms with Crippen LogP contribution in [-0.2, 0) is 19.3 Å². The van der Waals surface area contributed by atoms with Gasteiger partial charge in [-0.25, -0.2) is 0 Å². The van der Waals surface area contributed by atoms with Gasteiger partial charge < -0.3 is 9.73 Å². The minimum absolute atomic E-state index is 0.249. The Kier molecular flexibility index (Phi) is 4.13. The fourth-order valence-corrected chi connectivity index (χ4v) is 2.62. The molecule has 0 unspecified atom stereocenters. The molecule has 0 aliphatic carbocycles. The molecule has 120 valence electrons. The summed E-state index contributed by atoms with van der Waals surface area (Å²) in [5.41, 5.74) is 2.29. The molecular weight excluding hydrogens is 303 g/mol. The molecule has 2 nitrogen and oxygen atoms in total. The standard InChI is InChI=1S/C18H16F3NO/c1-12-6-7-13-4-2-3-5-15(13)16(12)11-22-10-14-8-9-17(23-14)18(19,20)21/h2-9,22H,10-11H2,1H3. The van der Waals surface area contributed by atoms with Gasteiger partial charge in [-0.15, -0.1) is 0 Å². The number of fused-ring (bicyclic) bond motifs is 1. The van der Waals surface area contributed by atoms with Crippen molar-refractivity contribution in [2.24, 2.45) is 0 Å². The summed E-state index contributed by atoms with van der Waals surface area (Å²) in [5, 5.41) is 5.45. The second kappa shape index (κ2) is 6.08. The average Bonchev–Trinajstić information content (AvgIpc) is 2.98. The summed E-state index contributed by atoms with van der Waals surface area (Å²) in [6.45, 7) is 2.84. The Morgan fingerprint density at radius 3 is 2.48 bits per heavy atom. The van der Waals surface area contributed by atoms with E-state index in [1.165, 1.54) is 6.07 Å². The largest absolute Gasteiger partial charge is 0.455 e. The number of rotatable bonds is 4. The number of furan rings is 1. The van der Waals surface area contributed by atoms with Crippen LogP contribution in [0, 0.1) is 6.92 Å². The van der Waals surface area contributed by atoms with Crippen LogP contribution in [0.4, 0.5) is 13.2 Å². The van der Waals surface area contributed by atoms with Gasteiger partial charge in [0.1, 0.15) is 5.76 Å². The van der Waals surface area contributed by atoms with Crippen LogP contribution in [-0.4, -0.2) is 0 Å². The van der Waals surface area contributed by atoms with Crippen molar-refractivity contribution in [3.05, 3.63) is 71.2 Å². The van der Waals surface area contributed by atoms with Crippen LogP contribution in [0.25, 0.3) is 10.8 Å². The van der Waals surface area contributed by atoms with Crippen molar-refractivity contribution in [1.29, 1.82) is 0 Å². The zero-order chi connectivity index (χ0) is 16.4. The summed E-state index contributed by atoms with van der Waals surface area (Å²) in [7, 11) is 0. The van der Waals surface area contributed by atoms with Gasteiger partial charge in [0.2, 0.25) is 5.76 Å². The van der Waals surface area contributed by atoms with E-state index in [4.69, 9.17) is 4.42 Å². The van der Waals surface area contributed by atoms with Crippen molar-refractivity contribution in [2.75, 3.05) is 0 Å². The van der Waals surface area contributed by atoms with Gasteiger partial charge in [0, 0.05) is 6.54 Å². The van der Waals surface area contributed by atoms with Crippen LogP contribution < -0.4 is 5.32 Å². The first-order chi connectivity index (χ1) is 10.9. The maximum atomic E-state index is 12.5. The fraction of sp³-hybridized carbons (Fsp3) is 0.222. The Bertz CT molecular complexity index is 820. The minimum atomic E-state index is -4.44. The Labute approximate surface area is 131 Å². The SMILES string of the molecule is Cc1ccc2ccccc2c1CNCc1ccc(C(F)(F)F)o1. The van der Waals surface area contributed by atoms with Crippen molar-refractivity contribution < 1.29 is 17.6 Å². The highest BCUT2D eigenvalue weighted by Gasteiger charge is 2.34. The van der Waals surface area contributed by atoms with Crippen molar-refractivity contribution >= 4 is 10.8 Å². The topological polar surface area (TPSA) is 25.2 Å². The lowest BCUT2D eigenvalue weighted by atomic mass is 10.00. The predicted octanol–water partition coefficient (Wildman–Crippen LogP) is 5.05. The summed E-state index contributed by atoms with van der Waals surface area (Å²) in [6, 6.07) is 14.5. The number of hydrogen-bond acceptors (Lipinski definition) is 2. The average molecular weight is 319 g/mol. The molecule has 23 heavy (non-hydrogen) atoms. The molecule has 0 aliphatic rings. The maximum Gasteiger partial charge on any atom is 0.449 e. The van der Waals surface area contributed by atoms with Crippen molar-refractivity contribution in [1.82, 2.24) is 5.32 Å². The van der Waals surface area contributed by atoms with E-state index in [0.29, 0.717) is 6.54 Å². The van der Waals surface area contributed by atoms with Crippen LogP contribution in [0.2, 0.25) is 0 Å². The summed E-state index contributed by atoms with van der Waals surface area (Å²) in [5.74, 6) is -0.689. The van der Waals surface area contributed by atoms with E-state index in [-0.39, 0.29) is 12.3 Å². The normalized spacial score (nSPS) is 12.0. The van der Waals surface area contributed by atoms with Gasteiger partial charge in [0.25, 0.3) is 0 Å². The van der Waals surface area contributed by atoms with Crippen LogP contribution >= 0.6 is 0 Å². The third kappa shape index (κ3) is 3.40. The van der Waals surface area contributed by atoms with E-state index in [2.05, 4.69) is 11.4 Å². The zero-order valence-corrected chi connectivity index (χ0v) is 12.6. The van der Waals surface area contributed by atoms with Crippen LogP contribution in [0.1, 0.15) is 22.6 Å². The quantitative estimate of drug-likeness (QED) is 0.728. The Morgan fingerprint density at radius 1 is 0.957 bits per heavy atom. The smallest absolute Gasteiger partial charge is 0.449 e. The number of benzene rings is 2. The van der Waals surface area contributed by atoms with Crippen LogP contribution in [0.15, 0.2) is 52.9 Å². The molecule has 0 bridgehead atoms. The molecule has 0 radical (unpaired) electrons. The third-order valence-electron chi connectivity index (χ3n) is 3.82. The lowest BCUT2D eigenvalue weighted by Crippen LogP contribution is -2.13. The van der Waals surface area contributed by atoms with Crippen LogP contribution in [0.3, 0.4) is 0 Å². The van der Waals surface area contributed by atoms with E-state index in [0.717, 1.165) is 28.0 Å². The van der Waals surface area contributed by atoms with E-state index in [9.17, 15) is 13.2 Å². The van der Waals surface area contributed by atoms with E-state index < -0.39 is 11.9 Å². The fourth-order valence-electron chi connectivity index (χ4n) is 2.62. The highest BCUT2D eigenvalue weighted by atomic mass is 19.4. The Morgan fingerprint density at radius 2 is 1.74 bits per heavy atom. The molecule has 1 N–H and O–H groups in total. The van der Waals surface area contributed by atoms with Gasteiger partial charge in [-0.2, -0.15) is 13.2 Å². The molecule has 0 fully saturated rings. The molecule has 3 aromatic rings. The molecule has 0 atom stereocenters. The minimum Gasteiger partial charge on any atom is -0.455 e. The summed E-state index contributed by atoms with van der Waals surface area (Å²) < 4.78 is 42.3. The van der Waals surface area contributed by atoms with Gasteiger partial charge in [0.15, 0.2) is 0 Å². The van der Waals surface area contributed by atoms with Gasteiger partial charge in [0.05, 0.1) is 6.54 Å². The number of halogens is 3. The molecule has 2 aromatic carbocycles. The molecule has 0 saturated heterocycles. The molecule has 1 aromatic heterocycles. The molecule has 0 amide bonds. The molecule has 3 rings (SSSR count). The number of alkyl halides is 3. The van der Waals surface area contributed by atoms with Crippen molar-refractivity contribution in [2.45, 2.75) is 26.2 Å². The van der Waals surface area contributed by atoms with E-state index in [1.54, 1.807) is 0 Å². The van der Waals surface area contributed by atoms with E-state index in [1.807, 2.05) is 37.3 Å². The molecular formula is C18H16F3NO. The Balaban J connectivity index is 1.72. The van der Waals surface area contributed by atoms with Crippen molar-refractivity contribution in [3.8, 4) is 0 Å². The van der Waals surface area contributed by atoms with Gasteiger partial charge in [-0.1, -0.05) is 36.4 Å². The third-order valence-corrected chi connectivity index (χ3v) is 3.82. The Hall–Kier alpha value is -2.27. The predicted molar refractivity (Wildman–Crippen MR) is 82.9 cm³/mol. The second-order valence-electron chi connectivity index (χ2n) is 5.45. The van der Waals surface area contributed by atoms with Gasteiger partial charge in [-0.05, 0) is 41.0 Å². The first kappa shape index (κ1) is 15.6. The highest BCUT2D eigenvalue weighted by Crippen LogP contribution is 2.30. The number of nitrogens with one attached hydrogen (secondary N) is 1. The highest BCUT2D eigenvalue weighted by molar-refractivity contribution is 5.86. The molecule has 0 spiro atoms. The number of aryl methyl sites for hydroxylation is 1. The van der Waals surface area contributed by atoms with Crippen molar-refractivity contribution in [3.63, 3.8) is 0 Å². The first-order valence-electron chi connectivity index (χ1n) is 7.29. The van der Waals surface area contributed by atoms with Crippen LogP contribution in [0.5, 0.6) is 0 Å². The van der Waals surface area contributed by atoms with Gasteiger partial charge >= 0.3 is 6.18 Å². The second-order valence-corrected chi connectivity index (χ2v) is 5.45. The zero-order valence-electron chi connectivity index (χ0n) is 12.6. The maximum absolute atomic E-state index is 12.5. The lowest BCUT2D eigenvalue weighted by molar-refractivity contribution is -0.153.